The van der Waals surface area contributed by atoms with E-state index in [1.807, 2.05) is 30.3 Å². The molecule has 0 heterocycles. The van der Waals surface area contributed by atoms with Crippen LogP contribution in [0.3, 0.4) is 0 Å². The number of hydrogen-bond donors (Lipinski definition) is 2. The summed E-state index contributed by atoms with van der Waals surface area (Å²) in [7, 11) is 0. The minimum Gasteiger partial charge on any atom is -0.375 e. The van der Waals surface area contributed by atoms with Gasteiger partial charge in [-0.05, 0) is 23.8 Å². The summed E-state index contributed by atoms with van der Waals surface area (Å²) in [4.78, 5) is 22.4. The number of nitrogens with two attached hydrogens (primary N) is 1. The zero-order chi connectivity index (χ0) is 16.8. The Bertz CT molecular complexity index is 737. The number of nitro groups is 1. The molecule has 2 aromatic carbocycles. The molecular weight excluding hydrogens is 316 g/mol. The molecule has 2 rings (SSSR count). The van der Waals surface area contributed by atoms with Crippen LogP contribution in [0.4, 0.5) is 5.69 Å². The summed E-state index contributed by atoms with van der Waals surface area (Å²) in [5.41, 5.74) is 9.06. The van der Waals surface area contributed by atoms with Gasteiger partial charge in [0.25, 0.3) is 11.6 Å². The molecule has 0 aromatic heterocycles. The van der Waals surface area contributed by atoms with Crippen molar-refractivity contribution in [3.8, 4) is 0 Å². The predicted octanol–water partition coefficient (Wildman–Crippen LogP) is 1.99. The lowest BCUT2D eigenvalue weighted by Crippen LogP contribution is -2.48. The van der Waals surface area contributed by atoms with Gasteiger partial charge in [-0.1, -0.05) is 36.4 Å². The summed E-state index contributed by atoms with van der Waals surface area (Å²) in [5.74, 6) is -0.530. The van der Waals surface area contributed by atoms with E-state index in [1.165, 1.54) is 29.3 Å². The molecule has 0 fully saturated rings. The second-order valence-corrected chi connectivity index (χ2v) is 5.08. The zero-order valence-electron chi connectivity index (χ0n) is 12.0. The fourth-order valence-electron chi connectivity index (χ4n) is 1.89. The van der Waals surface area contributed by atoms with E-state index in [9.17, 15) is 14.9 Å². The molecule has 8 heteroatoms. The number of rotatable bonds is 4. The maximum atomic E-state index is 12.2. The lowest BCUT2D eigenvalue weighted by Gasteiger charge is -2.23. The molecule has 0 bridgehead atoms. The van der Waals surface area contributed by atoms with Gasteiger partial charge < -0.3 is 5.73 Å². The monoisotopic (exact) mass is 330 g/mol. The van der Waals surface area contributed by atoms with Gasteiger partial charge in [0.1, 0.15) is 0 Å². The van der Waals surface area contributed by atoms with Crippen LogP contribution in [-0.4, -0.2) is 21.0 Å². The largest absolute Gasteiger partial charge is 0.375 e. The minimum absolute atomic E-state index is 0.00682. The van der Waals surface area contributed by atoms with Crippen LogP contribution in [-0.2, 0) is 6.54 Å². The molecule has 0 atom stereocenters. The van der Waals surface area contributed by atoms with Gasteiger partial charge in [-0.2, -0.15) is 0 Å². The summed E-state index contributed by atoms with van der Waals surface area (Å²) in [5, 5.41) is 12.1. The van der Waals surface area contributed by atoms with Crippen LogP contribution in [0.2, 0.25) is 0 Å². The first-order valence-corrected chi connectivity index (χ1v) is 7.04. The Labute approximate surface area is 137 Å². The molecule has 0 saturated heterocycles. The number of benzene rings is 2. The molecule has 1 amide bonds. The Kier molecular flexibility index (Phi) is 5.21. The van der Waals surface area contributed by atoms with Crippen molar-refractivity contribution in [3.05, 3.63) is 75.8 Å². The van der Waals surface area contributed by atoms with E-state index < -0.39 is 10.8 Å². The number of carbonyl (C=O) groups is 1. The van der Waals surface area contributed by atoms with Crippen molar-refractivity contribution >= 4 is 28.9 Å². The van der Waals surface area contributed by atoms with E-state index in [-0.39, 0.29) is 22.9 Å². The predicted molar refractivity (Wildman–Crippen MR) is 89.3 cm³/mol. The number of thiocarbonyl (C=S) groups is 1. The molecule has 7 nitrogen and oxygen atoms in total. The van der Waals surface area contributed by atoms with Crippen LogP contribution < -0.4 is 11.2 Å². The Hall–Kier alpha value is -3.00. The molecular formula is C15H14N4O3S. The highest BCUT2D eigenvalue weighted by Crippen LogP contribution is 2.13. The number of hydrazine groups is 1. The van der Waals surface area contributed by atoms with Crippen molar-refractivity contribution in [1.29, 1.82) is 0 Å². The highest BCUT2D eigenvalue weighted by molar-refractivity contribution is 7.80. The number of nitrogens with one attached hydrogen (secondary N) is 1. The maximum absolute atomic E-state index is 12.2. The van der Waals surface area contributed by atoms with E-state index in [4.69, 9.17) is 18.0 Å². The van der Waals surface area contributed by atoms with Gasteiger partial charge in [0.2, 0.25) is 0 Å². The molecule has 23 heavy (non-hydrogen) atoms. The Balaban J connectivity index is 2.13. The lowest BCUT2D eigenvalue weighted by molar-refractivity contribution is -0.384. The van der Waals surface area contributed by atoms with Crippen LogP contribution in [0.5, 0.6) is 0 Å². The number of amides is 1. The van der Waals surface area contributed by atoms with E-state index in [0.29, 0.717) is 0 Å². The molecule has 0 saturated carbocycles. The van der Waals surface area contributed by atoms with Crippen LogP contribution in [0.15, 0.2) is 54.6 Å². The molecule has 0 aliphatic rings. The summed E-state index contributed by atoms with van der Waals surface area (Å²) >= 11 is 4.93. The first kappa shape index (κ1) is 16.4. The minimum atomic E-state index is -0.563. The smallest absolute Gasteiger partial charge is 0.270 e. The standard InChI is InChI=1S/C15H14N4O3S/c16-15(23)18(10-11-5-2-1-3-6-11)17-14(20)12-7-4-8-13(9-12)19(21)22/h1-9H,10H2,(H2,16,23)(H,17,20). The topological polar surface area (TPSA) is 102 Å². The zero-order valence-corrected chi connectivity index (χ0v) is 12.8. The highest BCUT2D eigenvalue weighted by Gasteiger charge is 2.15. The van der Waals surface area contributed by atoms with Gasteiger partial charge in [0.05, 0.1) is 11.5 Å². The van der Waals surface area contributed by atoms with Gasteiger partial charge in [-0.25, -0.2) is 0 Å². The molecule has 118 valence electrons. The maximum Gasteiger partial charge on any atom is 0.270 e. The number of hydrogen-bond acceptors (Lipinski definition) is 4. The highest BCUT2D eigenvalue weighted by atomic mass is 32.1. The third-order valence-corrected chi connectivity index (χ3v) is 3.23. The number of nitrogens with zero attached hydrogens (tertiary/aromatic N) is 2. The molecule has 0 spiro atoms. The first-order chi connectivity index (χ1) is 11.0. The molecule has 0 aliphatic carbocycles. The number of carbonyl (C=O) groups excluding carboxylic acids is 1. The molecule has 3 N–H and O–H groups in total. The van der Waals surface area contributed by atoms with Crippen molar-refractivity contribution in [2.24, 2.45) is 5.73 Å². The molecule has 2 aromatic rings. The average molecular weight is 330 g/mol. The number of non-ortho nitro benzene ring substituents is 1. The van der Waals surface area contributed by atoms with Crippen molar-refractivity contribution in [3.63, 3.8) is 0 Å². The summed E-state index contributed by atoms with van der Waals surface area (Å²) < 4.78 is 0. The van der Waals surface area contributed by atoms with Gasteiger partial charge in [-0.3, -0.25) is 25.3 Å². The van der Waals surface area contributed by atoms with Crippen molar-refractivity contribution < 1.29 is 9.72 Å². The van der Waals surface area contributed by atoms with E-state index in [1.54, 1.807) is 0 Å². The average Bonchev–Trinajstić information content (AvgIpc) is 2.55. The SMILES string of the molecule is NC(=S)N(Cc1ccccc1)NC(=O)c1cccc([N+](=O)[O-])c1. The Morgan fingerprint density at radius 3 is 2.52 bits per heavy atom. The third kappa shape index (κ3) is 4.48. The first-order valence-electron chi connectivity index (χ1n) is 6.63. The fourth-order valence-corrected chi connectivity index (χ4v) is 2.00. The fraction of sp³-hybridized carbons (Fsp3) is 0.0667. The van der Waals surface area contributed by atoms with E-state index >= 15 is 0 Å². The Morgan fingerprint density at radius 1 is 1.22 bits per heavy atom. The lowest BCUT2D eigenvalue weighted by atomic mass is 10.2. The van der Waals surface area contributed by atoms with Crippen LogP contribution in [0.25, 0.3) is 0 Å². The van der Waals surface area contributed by atoms with Gasteiger partial charge in [0, 0.05) is 17.7 Å². The summed E-state index contributed by atoms with van der Waals surface area (Å²) in [6.07, 6.45) is 0. The molecule has 0 unspecified atom stereocenters. The van der Waals surface area contributed by atoms with Crippen LogP contribution in [0.1, 0.15) is 15.9 Å². The second kappa shape index (κ2) is 7.32. The van der Waals surface area contributed by atoms with E-state index in [0.717, 1.165) is 5.56 Å². The third-order valence-electron chi connectivity index (χ3n) is 3.01. The van der Waals surface area contributed by atoms with Crippen molar-refractivity contribution in [1.82, 2.24) is 10.4 Å². The summed E-state index contributed by atoms with van der Waals surface area (Å²) in [6, 6.07) is 14.7. The van der Waals surface area contributed by atoms with Gasteiger partial charge in [0.15, 0.2) is 5.11 Å². The van der Waals surface area contributed by atoms with Crippen molar-refractivity contribution in [2.75, 3.05) is 0 Å². The van der Waals surface area contributed by atoms with Gasteiger partial charge in [-0.15, -0.1) is 0 Å². The quantitative estimate of drug-likeness (QED) is 0.505. The summed E-state index contributed by atoms with van der Waals surface area (Å²) in [6.45, 7) is 0.289. The Morgan fingerprint density at radius 2 is 1.91 bits per heavy atom. The van der Waals surface area contributed by atoms with Crippen LogP contribution in [0, 0.1) is 10.1 Å². The normalized spacial score (nSPS) is 9.91. The second-order valence-electron chi connectivity index (χ2n) is 4.66. The van der Waals surface area contributed by atoms with Gasteiger partial charge >= 0.3 is 0 Å². The van der Waals surface area contributed by atoms with Crippen molar-refractivity contribution in [2.45, 2.75) is 6.54 Å². The van der Waals surface area contributed by atoms with Crippen LogP contribution >= 0.6 is 12.2 Å². The molecule has 0 radical (unpaired) electrons. The van der Waals surface area contributed by atoms with E-state index in [2.05, 4.69) is 5.43 Å². The number of nitro benzene ring substituents is 1. The molecule has 0 aliphatic heterocycles.